The van der Waals surface area contributed by atoms with Crippen molar-refractivity contribution in [2.45, 2.75) is 0 Å². The zero-order valence-corrected chi connectivity index (χ0v) is 31.1. The Balaban J connectivity index is 1.67. The molecule has 0 spiro atoms. The van der Waals surface area contributed by atoms with E-state index in [1.165, 1.54) is 44.6 Å². The summed E-state index contributed by atoms with van der Waals surface area (Å²) in [4.78, 5) is 0. The summed E-state index contributed by atoms with van der Waals surface area (Å²) in [5, 5.41) is 0. The first-order valence-corrected chi connectivity index (χ1v) is 19.3. The third-order valence-corrected chi connectivity index (χ3v) is 10.5. The van der Waals surface area contributed by atoms with Crippen molar-refractivity contribution in [3.63, 3.8) is 0 Å². The summed E-state index contributed by atoms with van der Waals surface area (Å²) in [7, 11) is 0. The summed E-state index contributed by atoms with van der Waals surface area (Å²) in [5.41, 5.74) is 18.6. The van der Waals surface area contributed by atoms with Gasteiger partial charge in [0.15, 0.2) is 0 Å². The minimum absolute atomic E-state index is 1.15. The third-order valence-electron chi connectivity index (χ3n) is 10.5. The Morgan fingerprint density at radius 3 is 0.286 bits per heavy atom. The Hall–Kier alpha value is -7.28. The molecule has 0 bridgehead atoms. The molecule has 0 fully saturated rings. The predicted octanol–water partition coefficient (Wildman–Crippen LogP) is 14.4. The topological polar surface area (TPSA) is 0 Å². The second-order valence-corrected chi connectivity index (χ2v) is 13.9. The van der Waals surface area contributed by atoms with Gasteiger partial charge in [0.2, 0.25) is 0 Å². The van der Waals surface area contributed by atoms with Crippen LogP contribution in [0.3, 0.4) is 0 Å². The molecule has 0 amide bonds. The standard InChI is InChI=1S/C56H40/c1-9-25-41(26-10-1)49-50(42-27-11-2-12-28-42)52(44-31-15-4-16-32-44)54(46-35-19-6-20-36-46)56(48-39-23-8-24-40-48)55(47-37-21-7-22-38-47)53(45-33-17-5-18-34-45)51(49)43-29-13-3-14-30-43/h1-40H. The summed E-state index contributed by atoms with van der Waals surface area (Å²) in [6.07, 6.45) is 0. The lowest BCUT2D eigenvalue weighted by Gasteiger charge is -2.33. The van der Waals surface area contributed by atoms with E-state index in [-0.39, 0.29) is 0 Å². The summed E-state index contributed by atoms with van der Waals surface area (Å²) < 4.78 is 0. The minimum atomic E-state index is 1.15. The number of hydrogen-bond acceptors (Lipinski definition) is 0. The Morgan fingerprint density at radius 2 is 0.196 bits per heavy atom. The molecular weight excluding hydrogens is 673 g/mol. The van der Waals surface area contributed by atoms with Crippen molar-refractivity contribution in [1.29, 1.82) is 0 Å². The third kappa shape index (κ3) is 6.70. The Labute approximate surface area is 330 Å². The van der Waals surface area contributed by atoms with E-state index in [4.69, 9.17) is 0 Å². The second kappa shape index (κ2) is 16.0. The first-order valence-electron chi connectivity index (χ1n) is 19.3. The fourth-order valence-electron chi connectivity index (χ4n) is 8.15. The monoisotopic (exact) mass is 712 g/mol. The van der Waals surface area contributed by atoms with Crippen LogP contribution in [0.15, 0.2) is 243 Å². The van der Waals surface area contributed by atoms with E-state index in [9.17, 15) is 0 Å². The molecule has 56 heavy (non-hydrogen) atoms. The van der Waals surface area contributed by atoms with Crippen LogP contribution >= 0.6 is 0 Å². The first-order chi connectivity index (χ1) is 27.9. The van der Waals surface area contributed by atoms with Crippen LogP contribution in [0.25, 0.3) is 44.6 Å². The van der Waals surface area contributed by atoms with E-state index in [2.05, 4.69) is 243 Å². The molecule has 0 saturated heterocycles. The van der Waals surface area contributed by atoms with Gasteiger partial charge in [0.25, 0.3) is 0 Å². The highest BCUT2D eigenvalue weighted by Gasteiger charge is 2.34. The predicted molar refractivity (Wildman–Crippen MR) is 239 cm³/mol. The molecule has 8 aromatic rings. The van der Waals surface area contributed by atoms with Gasteiger partial charge in [-0.3, -0.25) is 0 Å². The largest absolute Gasteiger partial charge is 0.0622 e. The van der Waals surface area contributed by atoms with Gasteiger partial charge in [-0.15, -0.1) is 0 Å². The van der Waals surface area contributed by atoms with E-state index in [1.54, 1.807) is 0 Å². The Morgan fingerprint density at radius 1 is 0.107 bits per heavy atom. The summed E-state index contributed by atoms with van der Waals surface area (Å²) >= 11 is 0. The molecule has 8 aromatic carbocycles. The molecule has 0 saturated carbocycles. The van der Waals surface area contributed by atoms with E-state index in [0.29, 0.717) is 0 Å². The van der Waals surface area contributed by atoms with Crippen LogP contribution < -0.4 is 0 Å². The fourth-order valence-corrected chi connectivity index (χ4v) is 8.15. The smallest absolute Gasteiger partial charge is 0.00139 e. The zero-order valence-electron chi connectivity index (χ0n) is 31.1. The van der Waals surface area contributed by atoms with E-state index in [1.807, 2.05) is 0 Å². The summed E-state index contributed by atoms with van der Waals surface area (Å²) in [5.74, 6) is 0. The van der Waals surface area contributed by atoms with Crippen LogP contribution in [-0.2, 0) is 0 Å². The molecule has 0 aliphatic heterocycles. The van der Waals surface area contributed by atoms with Gasteiger partial charge in [-0.2, -0.15) is 0 Å². The maximum atomic E-state index is 2.28. The quantitative estimate of drug-likeness (QED) is 0.147. The molecule has 0 nitrogen and oxygen atoms in total. The second-order valence-electron chi connectivity index (χ2n) is 13.9. The molecule has 1 aliphatic carbocycles. The van der Waals surface area contributed by atoms with Crippen molar-refractivity contribution in [2.24, 2.45) is 0 Å². The van der Waals surface area contributed by atoms with Gasteiger partial charge in [0, 0.05) is 0 Å². The van der Waals surface area contributed by atoms with E-state index in [0.717, 1.165) is 44.5 Å². The maximum Gasteiger partial charge on any atom is -0.00139 e. The number of hydrogen-bond donors (Lipinski definition) is 0. The van der Waals surface area contributed by atoms with Crippen molar-refractivity contribution in [2.75, 3.05) is 0 Å². The molecule has 264 valence electrons. The molecule has 0 aromatic heterocycles. The van der Waals surface area contributed by atoms with Crippen molar-refractivity contribution < 1.29 is 0 Å². The molecule has 1 aliphatic rings. The highest BCUT2D eigenvalue weighted by Crippen LogP contribution is 2.57. The number of allylic oxidation sites excluding steroid dienone is 8. The van der Waals surface area contributed by atoms with Crippen molar-refractivity contribution in [1.82, 2.24) is 0 Å². The lowest BCUT2D eigenvalue weighted by molar-refractivity contribution is 1.51. The molecule has 0 heteroatoms. The van der Waals surface area contributed by atoms with Crippen molar-refractivity contribution in [3.05, 3.63) is 287 Å². The van der Waals surface area contributed by atoms with Crippen LogP contribution in [0, 0.1) is 0 Å². The molecular formula is C56H40. The van der Waals surface area contributed by atoms with Crippen LogP contribution in [0.4, 0.5) is 0 Å². The normalized spacial score (nSPS) is 13.4. The van der Waals surface area contributed by atoms with Crippen molar-refractivity contribution >= 4 is 44.6 Å². The molecule has 0 unspecified atom stereocenters. The highest BCUT2D eigenvalue weighted by molar-refractivity contribution is 6.44. The molecule has 0 atom stereocenters. The highest BCUT2D eigenvalue weighted by atomic mass is 14.4. The van der Waals surface area contributed by atoms with Gasteiger partial charge in [0.1, 0.15) is 0 Å². The van der Waals surface area contributed by atoms with Gasteiger partial charge in [0.05, 0.1) is 0 Å². The van der Waals surface area contributed by atoms with Crippen LogP contribution in [-0.4, -0.2) is 0 Å². The zero-order chi connectivity index (χ0) is 37.5. The maximum absolute atomic E-state index is 2.28. The van der Waals surface area contributed by atoms with Gasteiger partial charge in [-0.05, 0) is 89.1 Å². The van der Waals surface area contributed by atoms with Gasteiger partial charge < -0.3 is 0 Å². The van der Waals surface area contributed by atoms with Crippen molar-refractivity contribution in [3.8, 4) is 0 Å². The SMILES string of the molecule is c1ccc(C2=C(c3ccccc3)C(c3ccccc3)=C(c3ccccc3)C(c3ccccc3)=C(c3ccccc3)C(c3ccccc3)=C2c2ccccc2)cc1. The molecule has 0 heterocycles. The molecule has 9 rings (SSSR count). The van der Waals surface area contributed by atoms with Gasteiger partial charge in [-0.25, -0.2) is 0 Å². The summed E-state index contributed by atoms with van der Waals surface area (Å²) in [6, 6.07) is 88.1. The Kier molecular flexibility index (Phi) is 9.84. The number of rotatable bonds is 8. The fraction of sp³-hybridized carbons (Fsp3) is 0. The lowest BCUT2D eigenvalue weighted by Crippen LogP contribution is -2.10. The van der Waals surface area contributed by atoms with Gasteiger partial charge in [-0.1, -0.05) is 243 Å². The van der Waals surface area contributed by atoms with E-state index < -0.39 is 0 Å². The lowest BCUT2D eigenvalue weighted by atomic mass is 9.69. The molecule has 0 N–H and O–H groups in total. The Bertz CT molecular complexity index is 2090. The van der Waals surface area contributed by atoms with Crippen LogP contribution in [0.1, 0.15) is 44.5 Å². The number of benzene rings is 8. The van der Waals surface area contributed by atoms with Crippen LogP contribution in [0.2, 0.25) is 0 Å². The van der Waals surface area contributed by atoms with Crippen LogP contribution in [0.5, 0.6) is 0 Å². The minimum Gasteiger partial charge on any atom is -0.0622 e. The van der Waals surface area contributed by atoms with E-state index >= 15 is 0 Å². The molecule has 0 radical (unpaired) electrons. The average Bonchev–Trinajstić information content (AvgIpc) is 3.29. The van der Waals surface area contributed by atoms with Gasteiger partial charge >= 0.3 is 0 Å². The first kappa shape index (κ1) is 34.5. The average molecular weight is 713 g/mol. The summed E-state index contributed by atoms with van der Waals surface area (Å²) in [6.45, 7) is 0.